The zero-order valence-electron chi connectivity index (χ0n) is 14.5. The van der Waals surface area contributed by atoms with E-state index in [2.05, 4.69) is 13.8 Å². The van der Waals surface area contributed by atoms with Crippen LogP contribution in [0.4, 0.5) is 0 Å². The molecule has 4 aliphatic rings. The molecule has 0 spiro atoms. The van der Waals surface area contributed by atoms with Gasteiger partial charge >= 0.3 is 0 Å². The molecule has 0 aromatic carbocycles. The van der Waals surface area contributed by atoms with Crippen LogP contribution < -0.4 is 0 Å². The van der Waals surface area contributed by atoms with Crippen molar-refractivity contribution in [2.45, 2.75) is 64.9 Å². The molecule has 3 nitrogen and oxygen atoms in total. The Balaban J connectivity index is 1.72. The summed E-state index contributed by atoms with van der Waals surface area (Å²) in [6.45, 7) is 6.50. The van der Waals surface area contributed by atoms with Gasteiger partial charge in [-0.2, -0.15) is 0 Å². The van der Waals surface area contributed by atoms with Gasteiger partial charge in [0.05, 0.1) is 5.60 Å². The predicted octanol–water partition coefficient (Wildman–Crippen LogP) is 3.30. The van der Waals surface area contributed by atoms with Gasteiger partial charge in [-0.25, -0.2) is 0 Å². The van der Waals surface area contributed by atoms with Crippen molar-refractivity contribution >= 4 is 11.6 Å². The molecule has 0 aromatic heterocycles. The Morgan fingerprint density at radius 2 is 1.70 bits per heavy atom. The van der Waals surface area contributed by atoms with E-state index < -0.39 is 5.60 Å². The van der Waals surface area contributed by atoms with Crippen molar-refractivity contribution in [2.24, 2.45) is 34.5 Å². The van der Waals surface area contributed by atoms with Crippen LogP contribution in [0.2, 0.25) is 0 Å². The van der Waals surface area contributed by atoms with Crippen molar-refractivity contribution < 1.29 is 14.7 Å². The molecule has 126 valence electrons. The van der Waals surface area contributed by atoms with Gasteiger partial charge in [-0.05, 0) is 80.1 Å². The van der Waals surface area contributed by atoms with Gasteiger partial charge in [-0.15, -0.1) is 0 Å². The predicted molar refractivity (Wildman–Crippen MR) is 87.7 cm³/mol. The average molecular weight is 316 g/mol. The number of hydrogen-bond donors (Lipinski definition) is 1. The highest BCUT2D eigenvalue weighted by Gasteiger charge is 2.63. The smallest absolute Gasteiger partial charge is 0.221 e. The molecule has 2 unspecified atom stereocenters. The van der Waals surface area contributed by atoms with Crippen molar-refractivity contribution in [3.05, 3.63) is 12.2 Å². The van der Waals surface area contributed by atoms with Crippen LogP contribution in [0.3, 0.4) is 0 Å². The van der Waals surface area contributed by atoms with Gasteiger partial charge in [0.1, 0.15) is 0 Å². The standard InChI is InChI=1S/C20H28O3/c1-18-9-8-16(21)17(22)15(18)5-4-12-13(18)6-10-19(2)14(12)7-11-20(19,3)23/h8-9,12-15,23H,4-7,10-11H2,1-3H3/t12-,13+,14+,15?,18-,19+,20?/m1/s1. The molecular formula is C20H28O3. The molecule has 0 heterocycles. The van der Waals surface area contributed by atoms with Crippen LogP contribution in [0.25, 0.3) is 0 Å². The van der Waals surface area contributed by atoms with Crippen LogP contribution in [0, 0.1) is 34.5 Å². The summed E-state index contributed by atoms with van der Waals surface area (Å²) in [5, 5.41) is 10.9. The Hall–Kier alpha value is -0.960. The second-order valence-electron chi connectivity index (χ2n) is 9.20. The maximum atomic E-state index is 12.4. The third kappa shape index (κ3) is 1.80. The minimum atomic E-state index is -0.561. The van der Waals surface area contributed by atoms with E-state index >= 15 is 0 Å². The quantitative estimate of drug-likeness (QED) is 0.698. The minimum absolute atomic E-state index is 0.00950. The van der Waals surface area contributed by atoms with Crippen LogP contribution in [-0.4, -0.2) is 22.3 Å². The van der Waals surface area contributed by atoms with E-state index in [1.165, 1.54) is 6.08 Å². The molecule has 4 aliphatic carbocycles. The summed E-state index contributed by atoms with van der Waals surface area (Å²) in [6.07, 6.45) is 9.53. The topological polar surface area (TPSA) is 54.4 Å². The van der Waals surface area contributed by atoms with Gasteiger partial charge in [0.2, 0.25) is 11.6 Å². The van der Waals surface area contributed by atoms with Crippen LogP contribution >= 0.6 is 0 Å². The highest BCUT2D eigenvalue weighted by Crippen LogP contribution is 2.66. The number of Topliss-reactive ketones (excluding diaryl/α,β-unsaturated/α-hetero) is 1. The third-order valence-electron chi connectivity index (χ3n) is 8.49. The second-order valence-corrected chi connectivity index (χ2v) is 9.20. The fourth-order valence-corrected chi connectivity index (χ4v) is 6.80. The highest BCUT2D eigenvalue weighted by molar-refractivity contribution is 6.43. The molecule has 0 amide bonds. The summed E-state index contributed by atoms with van der Waals surface area (Å²) in [5.41, 5.74) is -0.714. The van der Waals surface area contributed by atoms with E-state index in [0.29, 0.717) is 17.8 Å². The van der Waals surface area contributed by atoms with Crippen molar-refractivity contribution in [3.8, 4) is 0 Å². The third-order valence-corrected chi connectivity index (χ3v) is 8.49. The van der Waals surface area contributed by atoms with Gasteiger partial charge < -0.3 is 5.11 Å². The summed E-state index contributed by atoms with van der Waals surface area (Å²) in [6, 6.07) is 0. The number of hydrogen-bond acceptors (Lipinski definition) is 3. The molecule has 0 aromatic rings. The van der Waals surface area contributed by atoms with Crippen molar-refractivity contribution in [1.29, 1.82) is 0 Å². The molecule has 0 radical (unpaired) electrons. The molecule has 4 rings (SSSR count). The largest absolute Gasteiger partial charge is 0.390 e. The van der Waals surface area contributed by atoms with Gasteiger partial charge in [0.15, 0.2) is 0 Å². The maximum absolute atomic E-state index is 12.4. The molecule has 23 heavy (non-hydrogen) atoms. The molecule has 0 saturated heterocycles. The molecule has 0 bridgehead atoms. The van der Waals surface area contributed by atoms with E-state index in [4.69, 9.17) is 0 Å². The van der Waals surface area contributed by atoms with Gasteiger partial charge in [0, 0.05) is 5.92 Å². The molecule has 0 aliphatic heterocycles. The monoisotopic (exact) mass is 316 g/mol. The number of carbonyl (C=O) groups excluding carboxylic acids is 2. The van der Waals surface area contributed by atoms with E-state index in [1.807, 2.05) is 13.0 Å². The lowest BCUT2D eigenvalue weighted by molar-refractivity contribution is -0.151. The average Bonchev–Trinajstić information content (AvgIpc) is 2.74. The summed E-state index contributed by atoms with van der Waals surface area (Å²) >= 11 is 0. The van der Waals surface area contributed by atoms with Gasteiger partial charge in [0.25, 0.3) is 0 Å². The number of fused-ring (bicyclic) bond motifs is 5. The Kier molecular flexibility index (Phi) is 3.09. The fraction of sp³-hybridized carbons (Fsp3) is 0.800. The number of rotatable bonds is 0. The first-order valence-electron chi connectivity index (χ1n) is 9.20. The maximum Gasteiger partial charge on any atom is 0.221 e. The van der Waals surface area contributed by atoms with Gasteiger partial charge in [-0.3, -0.25) is 9.59 Å². The lowest BCUT2D eigenvalue weighted by Crippen LogP contribution is -2.56. The molecule has 3 heteroatoms. The second kappa shape index (κ2) is 4.56. The Bertz CT molecular complexity index is 604. The molecule has 3 fully saturated rings. The Morgan fingerprint density at radius 1 is 1.00 bits per heavy atom. The van der Waals surface area contributed by atoms with Crippen LogP contribution in [0.1, 0.15) is 59.3 Å². The number of aliphatic hydroxyl groups is 1. The fourth-order valence-electron chi connectivity index (χ4n) is 6.80. The lowest BCUT2D eigenvalue weighted by atomic mass is 9.45. The SMILES string of the molecule is CC1(O)CC[C@H]2[C@@H]3CCC4C(=O)C(=O)C=C[C@]4(C)[C@H]3CC[C@@]21C. The number of carbonyl (C=O) groups is 2. The zero-order chi connectivity index (χ0) is 16.6. The lowest BCUT2D eigenvalue weighted by Gasteiger charge is -2.59. The van der Waals surface area contributed by atoms with Crippen LogP contribution in [0.15, 0.2) is 12.2 Å². The normalized spacial score (nSPS) is 55.3. The summed E-state index contributed by atoms with van der Waals surface area (Å²) in [4.78, 5) is 24.2. The summed E-state index contributed by atoms with van der Waals surface area (Å²) in [7, 11) is 0. The minimum Gasteiger partial charge on any atom is -0.390 e. The van der Waals surface area contributed by atoms with Crippen molar-refractivity contribution in [1.82, 2.24) is 0 Å². The first kappa shape index (κ1) is 15.6. The Morgan fingerprint density at radius 3 is 2.43 bits per heavy atom. The molecular weight excluding hydrogens is 288 g/mol. The van der Waals surface area contributed by atoms with Crippen LogP contribution in [-0.2, 0) is 9.59 Å². The van der Waals surface area contributed by atoms with Crippen molar-refractivity contribution in [3.63, 3.8) is 0 Å². The first-order valence-corrected chi connectivity index (χ1v) is 9.20. The molecule has 3 saturated carbocycles. The van der Waals surface area contributed by atoms with E-state index in [9.17, 15) is 14.7 Å². The first-order chi connectivity index (χ1) is 10.7. The van der Waals surface area contributed by atoms with Crippen LogP contribution in [0.5, 0.6) is 0 Å². The highest BCUT2D eigenvalue weighted by atomic mass is 16.3. The van der Waals surface area contributed by atoms with Crippen molar-refractivity contribution in [2.75, 3.05) is 0 Å². The van der Waals surface area contributed by atoms with E-state index in [0.717, 1.165) is 38.5 Å². The zero-order valence-corrected chi connectivity index (χ0v) is 14.5. The number of allylic oxidation sites excluding steroid dienone is 2. The number of ketones is 2. The summed E-state index contributed by atoms with van der Waals surface area (Å²) in [5.74, 6) is 1.01. The van der Waals surface area contributed by atoms with E-state index in [1.54, 1.807) is 0 Å². The Labute approximate surface area is 138 Å². The van der Waals surface area contributed by atoms with E-state index in [-0.39, 0.29) is 28.3 Å². The molecule has 7 atom stereocenters. The molecule has 1 N–H and O–H groups in total. The van der Waals surface area contributed by atoms with Gasteiger partial charge in [-0.1, -0.05) is 19.9 Å². The summed E-state index contributed by atoms with van der Waals surface area (Å²) < 4.78 is 0.